The minimum atomic E-state index is -4.65. The van der Waals surface area contributed by atoms with E-state index in [-0.39, 0.29) is 37.3 Å². The molecular weight excluding hydrogens is 585 g/mol. The number of nitrogens with one attached hydrogen (secondary N) is 4. The van der Waals surface area contributed by atoms with Gasteiger partial charge in [0.05, 0.1) is 6.04 Å². The van der Waals surface area contributed by atoms with Gasteiger partial charge in [-0.05, 0) is 37.0 Å². The van der Waals surface area contributed by atoms with Crippen molar-refractivity contribution in [1.82, 2.24) is 31.1 Å². The number of halogens is 3. The van der Waals surface area contributed by atoms with Crippen LogP contribution >= 0.6 is 0 Å². The number of rotatable bonds is 13. The maximum atomic E-state index is 14.0. The fourth-order valence-electron chi connectivity index (χ4n) is 4.73. The maximum Gasteiger partial charge on any atom is 0.389 e. The third-order valence-corrected chi connectivity index (χ3v) is 7.39. The highest BCUT2D eigenvalue weighted by Crippen LogP contribution is 2.32. The second kappa shape index (κ2) is 15.9. The third kappa shape index (κ3) is 11.5. The van der Waals surface area contributed by atoms with Crippen LogP contribution in [0.15, 0.2) is 12.7 Å². The van der Waals surface area contributed by atoms with E-state index in [4.69, 9.17) is 0 Å². The average molecular weight is 633 g/mol. The molecule has 250 valence electrons. The fourth-order valence-corrected chi connectivity index (χ4v) is 4.73. The van der Waals surface area contributed by atoms with Crippen molar-refractivity contribution in [2.24, 2.45) is 17.3 Å². The third-order valence-electron chi connectivity index (χ3n) is 7.39. The Morgan fingerprint density at radius 1 is 1.00 bits per heavy atom. The van der Waals surface area contributed by atoms with Crippen LogP contribution < -0.4 is 21.3 Å². The summed E-state index contributed by atoms with van der Waals surface area (Å²) in [6.45, 7) is 13.8. The Labute approximate surface area is 256 Å². The number of carbonyl (C=O) groups is 6. The van der Waals surface area contributed by atoms with Crippen molar-refractivity contribution in [2.75, 3.05) is 27.2 Å². The van der Waals surface area contributed by atoms with Crippen molar-refractivity contribution in [2.45, 2.75) is 91.1 Å². The predicted molar refractivity (Wildman–Crippen MR) is 157 cm³/mol. The minimum Gasteiger partial charge on any atom is -0.347 e. The largest absolute Gasteiger partial charge is 0.389 e. The predicted octanol–water partition coefficient (Wildman–Crippen LogP) is 1.75. The fraction of sp³-hybridized carbons (Fsp3) is 0.724. The number of hydrogen-bond acceptors (Lipinski definition) is 6. The van der Waals surface area contributed by atoms with Gasteiger partial charge in [-0.25, -0.2) is 4.79 Å². The molecule has 15 heteroatoms. The maximum absolute atomic E-state index is 14.0. The Morgan fingerprint density at radius 3 is 2.07 bits per heavy atom. The lowest BCUT2D eigenvalue weighted by Crippen LogP contribution is -2.61. The van der Waals surface area contributed by atoms with Crippen LogP contribution in [0.1, 0.15) is 60.8 Å². The number of likely N-dealkylation sites (N-methyl/N-ethyl adjacent to an activating group) is 1. The zero-order valence-corrected chi connectivity index (χ0v) is 26.8. The number of likely N-dealkylation sites (tertiary alicyclic amines) is 1. The highest BCUT2D eigenvalue weighted by molar-refractivity contribution is 6.38. The standard InChI is InChI=1S/C29H47F3N6O6/c1-10-13-33-24(41)21(39)19(11-12-29(30,31)32)35-23(40)20-14-18(16(2)3)15-38(20)26(43)22(28(5,6)7)36-27(44)34-17(4)25(42)37(8)9/h10,16-20,22H,1,11-15H2,2-9H3,(H,33,41)(H,35,40)(H2,34,36,44)/t17?,18-,19?,20+,22?/m1/s1. The second-order valence-electron chi connectivity index (χ2n) is 12.7. The van der Waals surface area contributed by atoms with Gasteiger partial charge in [0.25, 0.3) is 5.91 Å². The summed E-state index contributed by atoms with van der Waals surface area (Å²) in [6, 6.07) is -5.83. The molecule has 0 aromatic carbocycles. The molecular formula is C29H47F3N6O6. The number of nitrogens with zero attached hydrogens (tertiary/aromatic N) is 2. The molecule has 1 aliphatic heterocycles. The molecule has 1 saturated heterocycles. The number of ketones is 1. The highest BCUT2D eigenvalue weighted by atomic mass is 19.4. The van der Waals surface area contributed by atoms with Crippen LogP contribution in [0.2, 0.25) is 0 Å². The first-order valence-electron chi connectivity index (χ1n) is 14.5. The van der Waals surface area contributed by atoms with Gasteiger partial charge in [0, 0.05) is 33.6 Å². The molecule has 0 spiro atoms. The van der Waals surface area contributed by atoms with Crippen molar-refractivity contribution in [3.63, 3.8) is 0 Å². The molecule has 44 heavy (non-hydrogen) atoms. The highest BCUT2D eigenvalue weighted by Gasteiger charge is 2.46. The second-order valence-corrected chi connectivity index (χ2v) is 12.7. The van der Waals surface area contributed by atoms with E-state index in [2.05, 4.69) is 27.8 Å². The summed E-state index contributed by atoms with van der Waals surface area (Å²) in [5, 5.41) is 9.60. The van der Waals surface area contributed by atoms with E-state index in [1.165, 1.54) is 36.9 Å². The van der Waals surface area contributed by atoms with Crippen LogP contribution in [0.3, 0.4) is 0 Å². The molecule has 0 aliphatic carbocycles. The van der Waals surface area contributed by atoms with E-state index in [1.54, 1.807) is 20.8 Å². The average Bonchev–Trinajstić information content (AvgIpc) is 3.36. The number of amides is 6. The number of urea groups is 1. The molecule has 0 radical (unpaired) electrons. The number of alkyl halides is 3. The number of hydrogen-bond donors (Lipinski definition) is 4. The molecule has 12 nitrogen and oxygen atoms in total. The molecule has 0 bridgehead atoms. The summed E-state index contributed by atoms with van der Waals surface area (Å²) in [4.78, 5) is 80.2. The van der Waals surface area contributed by atoms with Gasteiger partial charge < -0.3 is 31.1 Å². The van der Waals surface area contributed by atoms with E-state index < -0.39 is 78.1 Å². The molecule has 1 rings (SSSR count). The molecule has 5 atom stereocenters. The van der Waals surface area contributed by atoms with E-state index in [0.29, 0.717) is 0 Å². The summed E-state index contributed by atoms with van der Waals surface area (Å²) in [7, 11) is 3.05. The van der Waals surface area contributed by atoms with Gasteiger partial charge in [0.15, 0.2) is 0 Å². The summed E-state index contributed by atoms with van der Waals surface area (Å²) in [5.41, 5.74) is -0.866. The summed E-state index contributed by atoms with van der Waals surface area (Å²) in [6.07, 6.45) is -5.53. The zero-order chi connectivity index (χ0) is 34.2. The van der Waals surface area contributed by atoms with Gasteiger partial charge in [0.1, 0.15) is 18.1 Å². The molecule has 1 heterocycles. The molecule has 0 aromatic rings. The van der Waals surface area contributed by atoms with Crippen LogP contribution in [0.25, 0.3) is 0 Å². The molecule has 0 aromatic heterocycles. The van der Waals surface area contributed by atoms with Gasteiger partial charge in [-0.15, -0.1) is 6.58 Å². The van der Waals surface area contributed by atoms with Crippen molar-refractivity contribution in [3.05, 3.63) is 12.7 Å². The lowest BCUT2D eigenvalue weighted by molar-refractivity contribution is -0.147. The van der Waals surface area contributed by atoms with Crippen molar-refractivity contribution in [3.8, 4) is 0 Å². The van der Waals surface area contributed by atoms with E-state index in [9.17, 15) is 41.9 Å². The normalized spacial score (nSPS) is 19.0. The molecule has 1 aliphatic rings. The first-order valence-corrected chi connectivity index (χ1v) is 14.5. The Morgan fingerprint density at radius 2 is 1.59 bits per heavy atom. The van der Waals surface area contributed by atoms with Crippen LogP contribution in [-0.2, 0) is 24.0 Å². The van der Waals surface area contributed by atoms with Gasteiger partial charge >= 0.3 is 12.2 Å². The Hall–Kier alpha value is -3.65. The van der Waals surface area contributed by atoms with Gasteiger partial charge in [-0.2, -0.15) is 13.2 Å². The van der Waals surface area contributed by atoms with E-state index in [1.807, 2.05) is 13.8 Å². The SMILES string of the molecule is C=CCNC(=O)C(=O)C(CCC(F)(F)F)NC(=O)[C@@H]1C[C@@H](C(C)C)CN1C(=O)C(NC(=O)NC(C)C(=O)N(C)C)C(C)(C)C. The van der Waals surface area contributed by atoms with Crippen LogP contribution in [-0.4, -0.2) is 103 Å². The van der Waals surface area contributed by atoms with Crippen molar-refractivity contribution < 1.29 is 41.9 Å². The first kappa shape index (κ1) is 38.4. The summed E-state index contributed by atoms with van der Waals surface area (Å²) < 4.78 is 39.1. The first-order chi connectivity index (χ1) is 20.1. The molecule has 1 fully saturated rings. The quantitative estimate of drug-likeness (QED) is 0.179. The molecule has 0 saturated carbocycles. The Kier molecular flexibility index (Phi) is 13.9. The summed E-state index contributed by atoms with van der Waals surface area (Å²) >= 11 is 0. The van der Waals surface area contributed by atoms with Gasteiger partial charge in [-0.1, -0.05) is 40.7 Å². The van der Waals surface area contributed by atoms with Crippen molar-refractivity contribution >= 4 is 35.4 Å². The molecule has 4 N–H and O–H groups in total. The minimum absolute atomic E-state index is 0.0117. The Balaban J connectivity index is 3.32. The smallest absolute Gasteiger partial charge is 0.347 e. The van der Waals surface area contributed by atoms with Crippen LogP contribution in [0.4, 0.5) is 18.0 Å². The lowest BCUT2D eigenvalue weighted by atomic mass is 9.85. The lowest BCUT2D eigenvalue weighted by Gasteiger charge is -2.36. The topological polar surface area (TPSA) is 157 Å². The van der Waals surface area contributed by atoms with Gasteiger partial charge in [-0.3, -0.25) is 24.0 Å². The van der Waals surface area contributed by atoms with Crippen LogP contribution in [0, 0.1) is 17.3 Å². The van der Waals surface area contributed by atoms with Crippen molar-refractivity contribution in [1.29, 1.82) is 0 Å². The number of Topliss-reactive ketones (excluding diaryl/α,β-unsaturated/α-hetero) is 1. The monoisotopic (exact) mass is 632 g/mol. The molecule has 3 unspecified atom stereocenters. The van der Waals surface area contributed by atoms with E-state index >= 15 is 0 Å². The Bertz CT molecular complexity index is 1090. The number of carbonyl (C=O) groups excluding carboxylic acids is 6. The van der Waals surface area contributed by atoms with E-state index in [0.717, 1.165) is 0 Å². The summed E-state index contributed by atoms with van der Waals surface area (Å²) in [5.74, 6) is -4.48. The molecule has 6 amide bonds. The van der Waals surface area contributed by atoms with Crippen LogP contribution in [0.5, 0.6) is 0 Å². The van der Waals surface area contributed by atoms with Gasteiger partial charge in [0.2, 0.25) is 23.5 Å². The zero-order valence-electron chi connectivity index (χ0n) is 26.8.